The molecule has 0 saturated carbocycles. The molecule has 0 aliphatic rings. The Morgan fingerprint density at radius 2 is 1.62 bits per heavy atom. The molecule has 0 aromatic rings. The van der Waals surface area contributed by atoms with Crippen LogP contribution in [0.1, 0.15) is 51.9 Å². The first-order valence-corrected chi connectivity index (χ1v) is 7.81. The predicted octanol–water partition coefficient (Wildman–Crippen LogP) is 6.21. The Kier molecular flexibility index (Phi) is 9.73. The molecule has 0 nitrogen and oxygen atoms in total. The number of rotatable bonds is 10. The largest absolute Gasteiger partial charge is 0.104 e. The minimum absolute atomic E-state index is 0.175. The van der Waals surface area contributed by atoms with Crippen LogP contribution in [-0.2, 0) is 0 Å². The van der Waals surface area contributed by atoms with Gasteiger partial charge in [-0.05, 0) is 6.42 Å². The van der Waals surface area contributed by atoms with Crippen LogP contribution in [0, 0.1) is 5.92 Å². The summed E-state index contributed by atoms with van der Waals surface area (Å²) in [7, 11) is 0. The monoisotopic (exact) mass is 350 g/mol. The smallest absolute Gasteiger partial charge is 0.103 e. The van der Waals surface area contributed by atoms with Crippen molar-refractivity contribution in [2.45, 2.75) is 55.1 Å². The van der Waals surface area contributed by atoms with Crippen molar-refractivity contribution in [2.75, 3.05) is 0 Å². The first kappa shape index (κ1) is 16.4. The van der Waals surface area contributed by atoms with Gasteiger partial charge in [-0.25, -0.2) is 0 Å². The predicted molar refractivity (Wildman–Crippen MR) is 82.5 cm³/mol. The summed E-state index contributed by atoms with van der Waals surface area (Å²) in [6, 6.07) is 0. The van der Waals surface area contributed by atoms with E-state index in [1.54, 1.807) is 0 Å². The van der Waals surface area contributed by atoms with Crippen LogP contribution in [-0.4, -0.2) is 3.23 Å². The van der Waals surface area contributed by atoms with Crippen LogP contribution in [0.25, 0.3) is 0 Å². The molecular formula is C14H24Br2. The van der Waals surface area contributed by atoms with E-state index in [2.05, 4.69) is 51.9 Å². The van der Waals surface area contributed by atoms with Gasteiger partial charge >= 0.3 is 0 Å². The number of allylic oxidation sites excluding steroid dienone is 2. The first-order valence-electron chi connectivity index (χ1n) is 6.22. The summed E-state index contributed by atoms with van der Waals surface area (Å²) >= 11 is 7.26. The maximum absolute atomic E-state index is 3.90. The molecule has 0 bridgehead atoms. The van der Waals surface area contributed by atoms with Gasteiger partial charge in [0.2, 0.25) is 0 Å². The van der Waals surface area contributed by atoms with Crippen LogP contribution >= 0.6 is 31.9 Å². The van der Waals surface area contributed by atoms with Gasteiger partial charge in [-0.2, -0.15) is 0 Å². The van der Waals surface area contributed by atoms with Crippen LogP contribution < -0.4 is 0 Å². The van der Waals surface area contributed by atoms with E-state index in [4.69, 9.17) is 0 Å². The Labute approximate surface area is 118 Å². The van der Waals surface area contributed by atoms with Crippen LogP contribution in [0.3, 0.4) is 0 Å². The summed E-state index contributed by atoms with van der Waals surface area (Å²) in [5.74, 6) is 0.413. The lowest BCUT2D eigenvalue weighted by Crippen LogP contribution is -2.19. The van der Waals surface area contributed by atoms with Gasteiger partial charge in [-0.1, -0.05) is 89.5 Å². The molecule has 0 aromatic heterocycles. The van der Waals surface area contributed by atoms with Gasteiger partial charge in [0.15, 0.2) is 0 Å². The van der Waals surface area contributed by atoms with Gasteiger partial charge in [-0.15, -0.1) is 13.2 Å². The minimum atomic E-state index is -0.175. The van der Waals surface area contributed by atoms with Crippen molar-refractivity contribution in [1.82, 2.24) is 0 Å². The van der Waals surface area contributed by atoms with Crippen molar-refractivity contribution in [1.29, 1.82) is 0 Å². The number of unbranched alkanes of at least 4 members (excludes halogenated alkanes) is 5. The second-order valence-electron chi connectivity index (χ2n) is 4.28. The highest BCUT2D eigenvalue weighted by Crippen LogP contribution is 2.39. The highest BCUT2D eigenvalue weighted by Gasteiger charge is 2.27. The molecular weight excluding hydrogens is 328 g/mol. The summed E-state index contributed by atoms with van der Waals surface area (Å²) in [6.45, 7) is 9.98. The van der Waals surface area contributed by atoms with Gasteiger partial charge in [0.25, 0.3) is 0 Å². The molecule has 0 fully saturated rings. The van der Waals surface area contributed by atoms with E-state index in [9.17, 15) is 0 Å². The third-order valence-corrected chi connectivity index (χ3v) is 4.74. The molecule has 0 amide bonds. The van der Waals surface area contributed by atoms with Gasteiger partial charge in [0.1, 0.15) is 3.23 Å². The molecule has 1 unspecified atom stereocenters. The molecule has 0 heterocycles. The Morgan fingerprint density at radius 3 is 2.12 bits per heavy atom. The molecule has 0 aliphatic heterocycles. The quantitative estimate of drug-likeness (QED) is 0.249. The lowest BCUT2D eigenvalue weighted by molar-refractivity contribution is 0.522. The van der Waals surface area contributed by atoms with Gasteiger partial charge in [-0.3, -0.25) is 0 Å². The fourth-order valence-electron chi connectivity index (χ4n) is 1.76. The maximum Gasteiger partial charge on any atom is 0.104 e. The van der Waals surface area contributed by atoms with Crippen molar-refractivity contribution in [3.05, 3.63) is 25.3 Å². The van der Waals surface area contributed by atoms with Crippen LogP contribution in [0.5, 0.6) is 0 Å². The summed E-state index contributed by atoms with van der Waals surface area (Å²) in [4.78, 5) is 0. The molecule has 0 aromatic carbocycles. The van der Waals surface area contributed by atoms with Crippen molar-refractivity contribution < 1.29 is 0 Å². The Hall–Kier alpha value is 0.440. The molecule has 0 radical (unpaired) electrons. The molecule has 0 saturated heterocycles. The Balaban J connectivity index is 3.72. The normalized spacial score (nSPS) is 13.4. The lowest BCUT2D eigenvalue weighted by atomic mass is 9.97. The van der Waals surface area contributed by atoms with E-state index in [-0.39, 0.29) is 3.23 Å². The summed E-state index contributed by atoms with van der Waals surface area (Å²) in [6.07, 6.45) is 13.1. The molecule has 16 heavy (non-hydrogen) atoms. The third-order valence-electron chi connectivity index (χ3n) is 2.92. The average Bonchev–Trinajstić information content (AvgIpc) is 2.28. The Bertz CT molecular complexity index is 197. The van der Waals surface area contributed by atoms with E-state index in [1.165, 1.54) is 38.5 Å². The lowest BCUT2D eigenvalue weighted by Gasteiger charge is -2.24. The molecule has 0 rings (SSSR count). The highest BCUT2D eigenvalue weighted by molar-refractivity contribution is 9.25. The molecule has 2 heteroatoms. The first-order chi connectivity index (χ1) is 7.58. The summed E-state index contributed by atoms with van der Waals surface area (Å²) in [5.41, 5.74) is 0. The van der Waals surface area contributed by atoms with E-state index < -0.39 is 0 Å². The second kappa shape index (κ2) is 9.47. The van der Waals surface area contributed by atoms with Crippen LogP contribution in [0.2, 0.25) is 0 Å². The van der Waals surface area contributed by atoms with Gasteiger partial charge in [0.05, 0.1) is 0 Å². The zero-order valence-corrected chi connectivity index (χ0v) is 13.5. The van der Waals surface area contributed by atoms with Gasteiger partial charge < -0.3 is 0 Å². The third kappa shape index (κ3) is 6.90. The zero-order valence-electron chi connectivity index (χ0n) is 10.4. The number of hydrogen-bond acceptors (Lipinski definition) is 0. The summed E-state index contributed by atoms with van der Waals surface area (Å²) in [5, 5.41) is 0. The number of alkyl halides is 2. The number of halogens is 2. The van der Waals surface area contributed by atoms with Crippen LogP contribution in [0.15, 0.2) is 25.3 Å². The fourth-order valence-corrected chi connectivity index (χ4v) is 2.60. The minimum Gasteiger partial charge on any atom is -0.103 e. The van der Waals surface area contributed by atoms with E-state index in [1.807, 2.05) is 12.2 Å². The fraction of sp³-hybridized carbons (Fsp3) is 0.714. The zero-order chi connectivity index (χ0) is 12.4. The van der Waals surface area contributed by atoms with Crippen molar-refractivity contribution in [2.24, 2.45) is 5.92 Å². The van der Waals surface area contributed by atoms with E-state index in [0.29, 0.717) is 5.92 Å². The topological polar surface area (TPSA) is 0 Å². The van der Waals surface area contributed by atoms with Crippen molar-refractivity contribution >= 4 is 31.9 Å². The highest BCUT2D eigenvalue weighted by atomic mass is 79.9. The van der Waals surface area contributed by atoms with E-state index in [0.717, 1.165) is 6.42 Å². The summed E-state index contributed by atoms with van der Waals surface area (Å²) < 4.78 is -0.175. The average molecular weight is 352 g/mol. The van der Waals surface area contributed by atoms with Crippen molar-refractivity contribution in [3.8, 4) is 0 Å². The molecule has 94 valence electrons. The standard InChI is InChI=1S/C14H24Br2/c1-4-7-8-9-10-11-12-13(5-2)14(15,16)6-3/h5-6,13H,2-4,7-12H2,1H3. The van der Waals surface area contributed by atoms with E-state index >= 15 is 0 Å². The van der Waals surface area contributed by atoms with Crippen molar-refractivity contribution in [3.63, 3.8) is 0 Å². The molecule has 0 aliphatic carbocycles. The second-order valence-corrected chi connectivity index (χ2v) is 7.97. The molecule has 0 spiro atoms. The maximum atomic E-state index is 3.90. The molecule has 0 N–H and O–H groups in total. The number of hydrogen-bond donors (Lipinski definition) is 0. The Morgan fingerprint density at radius 1 is 1.06 bits per heavy atom. The van der Waals surface area contributed by atoms with Gasteiger partial charge in [0, 0.05) is 5.92 Å². The van der Waals surface area contributed by atoms with Crippen LogP contribution in [0.4, 0.5) is 0 Å². The SMILES string of the molecule is C=CC(CCCCCCCC)C(Br)(Br)C=C. The molecule has 1 atom stereocenters.